The number of amides is 2. The van der Waals surface area contributed by atoms with E-state index in [1.165, 1.54) is 0 Å². The second kappa shape index (κ2) is 10.7. The first kappa shape index (κ1) is 26.3. The van der Waals surface area contributed by atoms with Crippen molar-refractivity contribution in [1.29, 1.82) is 0 Å². The summed E-state index contributed by atoms with van der Waals surface area (Å²) in [5.41, 5.74) is 3.79. The van der Waals surface area contributed by atoms with Gasteiger partial charge in [0.1, 0.15) is 18.3 Å². The largest absolute Gasteiger partial charge is 0.322 e. The molecule has 0 saturated carbocycles. The maximum Gasteiger partial charge on any atom is 0.321 e. The summed E-state index contributed by atoms with van der Waals surface area (Å²) in [7, 11) is 0. The Kier molecular flexibility index (Phi) is 6.41. The lowest BCUT2D eigenvalue weighted by Crippen LogP contribution is -2.55. The molecule has 0 aliphatic carbocycles. The van der Waals surface area contributed by atoms with Crippen LogP contribution in [0.15, 0.2) is 110 Å². The van der Waals surface area contributed by atoms with Gasteiger partial charge < -0.3 is 15.1 Å². The topological polar surface area (TPSA) is 95.3 Å². The fourth-order valence-corrected chi connectivity index (χ4v) is 6.75. The number of piperazine rings is 1. The first-order chi connectivity index (χ1) is 21.7. The van der Waals surface area contributed by atoms with Gasteiger partial charge in [0.05, 0.1) is 16.7 Å². The van der Waals surface area contributed by atoms with Gasteiger partial charge in [-0.2, -0.15) is 4.98 Å². The lowest BCUT2D eigenvalue weighted by atomic mass is 10.1. The third-order valence-electron chi connectivity index (χ3n) is 8.90. The molecule has 2 saturated heterocycles. The van der Waals surface area contributed by atoms with E-state index in [-0.39, 0.29) is 24.3 Å². The highest BCUT2D eigenvalue weighted by Crippen LogP contribution is 2.41. The Morgan fingerprint density at radius 3 is 2.66 bits per heavy atom. The summed E-state index contributed by atoms with van der Waals surface area (Å²) < 4.78 is 1.99. The van der Waals surface area contributed by atoms with Crippen molar-refractivity contribution in [3.8, 4) is 5.82 Å². The quantitative estimate of drug-likeness (QED) is 0.294. The van der Waals surface area contributed by atoms with Gasteiger partial charge in [-0.3, -0.25) is 14.5 Å². The van der Waals surface area contributed by atoms with Crippen molar-refractivity contribution >= 4 is 39.5 Å². The van der Waals surface area contributed by atoms with E-state index in [1.807, 2.05) is 82.4 Å². The number of benzene rings is 3. The van der Waals surface area contributed by atoms with Crippen molar-refractivity contribution < 1.29 is 4.79 Å². The Morgan fingerprint density at radius 1 is 0.886 bits per heavy atom. The second-order valence-electron chi connectivity index (χ2n) is 11.3. The van der Waals surface area contributed by atoms with Crippen LogP contribution in [0.4, 0.5) is 16.4 Å². The van der Waals surface area contributed by atoms with Gasteiger partial charge >= 0.3 is 6.03 Å². The number of aromatic nitrogens is 5. The fraction of sp³-hybridized carbons (Fsp3) is 0.206. The highest BCUT2D eigenvalue weighted by Gasteiger charge is 2.49. The third kappa shape index (κ3) is 4.42. The van der Waals surface area contributed by atoms with Crippen LogP contribution in [-0.2, 0) is 0 Å². The average Bonchev–Trinajstić information content (AvgIpc) is 3.64. The van der Waals surface area contributed by atoms with Crippen LogP contribution in [0, 0.1) is 0 Å². The second-order valence-corrected chi connectivity index (χ2v) is 11.3. The van der Waals surface area contributed by atoms with Crippen LogP contribution in [0.3, 0.4) is 0 Å². The first-order valence-electron chi connectivity index (χ1n) is 14.9. The highest BCUT2D eigenvalue weighted by atomic mass is 16.2. The minimum Gasteiger partial charge on any atom is -0.322 e. The molecule has 218 valence electrons. The van der Waals surface area contributed by atoms with Crippen molar-refractivity contribution in [2.24, 2.45) is 0 Å². The van der Waals surface area contributed by atoms with Crippen LogP contribution in [0.2, 0.25) is 0 Å². The van der Waals surface area contributed by atoms with Crippen molar-refractivity contribution in [3.05, 3.63) is 115 Å². The number of carbonyl (C=O) groups is 1. The van der Waals surface area contributed by atoms with E-state index < -0.39 is 0 Å². The maximum atomic E-state index is 13.6. The number of carbonyl (C=O) groups excluding carboxylic acids is 1. The van der Waals surface area contributed by atoms with Gasteiger partial charge in [-0.1, -0.05) is 54.6 Å². The zero-order valence-corrected chi connectivity index (χ0v) is 24.2. The normalized spacial score (nSPS) is 20.2. The fourth-order valence-electron chi connectivity index (χ4n) is 6.75. The van der Waals surface area contributed by atoms with Crippen LogP contribution in [0.1, 0.15) is 18.7 Å². The molecule has 2 aliphatic heterocycles. The van der Waals surface area contributed by atoms with Crippen molar-refractivity contribution in [1.82, 2.24) is 34.3 Å². The van der Waals surface area contributed by atoms with Gasteiger partial charge in [0.25, 0.3) is 0 Å². The molecule has 10 heteroatoms. The summed E-state index contributed by atoms with van der Waals surface area (Å²) >= 11 is 0. The molecule has 3 atom stereocenters. The zero-order valence-electron chi connectivity index (χ0n) is 24.2. The number of rotatable bonds is 4. The Morgan fingerprint density at radius 2 is 1.75 bits per heavy atom. The van der Waals surface area contributed by atoms with E-state index in [2.05, 4.69) is 50.2 Å². The lowest BCUT2D eigenvalue weighted by molar-refractivity contribution is 0.0943. The molecule has 2 fully saturated rings. The van der Waals surface area contributed by atoms with Crippen LogP contribution in [-0.4, -0.2) is 72.1 Å². The van der Waals surface area contributed by atoms with E-state index >= 15 is 0 Å². The maximum absolute atomic E-state index is 13.6. The molecule has 0 spiro atoms. The summed E-state index contributed by atoms with van der Waals surface area (Å²) in [5.74, 6) is 1.38. The molecule has 1 N–H and O–H groups in total. The molecule has 3 aromatic carbocycles. The van der Waals surface area contributed by atoms with Gasteiger partial charge in [0, 0.05) is 61.3 Å². The van der Waals surface area contributed by atoms with Gasteiger partial charge in [-0.05, 0) is 42.6 Å². The molecule has 2 amide bonds. The Labute approximate surface area is 254 Å². The molecule has 8 rings (SSSR count). The van der Waals surface area contributed by atoms with Crippen LogP contribution in [0.5, 0.6) is 0 Å². The molecule has 5 heterocycles. The Hall–Kier alpha value is -5.35. The zero-order chi connectivity index (χ0) is 29.6. The number of para-hydroxylation sites is 2. The Bertz CT molecular complexity index is 1970. The molecular formula is C34H31N9O. The number of imidazole rings is 1. The van der Waals surface area contributed by atoms with E-state index in [1.54, 1.807) is 18.7 Å². The van der Waals surface area contributed by atoms with Crippen molar-refractivity contribution in [3.63, 3.8) is 0 Å². The SMILES string of the molecule is CC1[C@@H]2CN(C(=O)Nc3cccc4ccccc34)CCN2[C@H](c2cccnc2)N1c1nccc(-n2cnc3ccccc32)n1. The summed E-state index contributed by atoms with van der Waals surface area (Å²) in [5, 5.41) is 5.31. The number of anilines is 2. The first-order valence-corrected chi connectivity index (χ1v) is 14.9. The summed E-state index contributed by atoms with van der Waals surface area (Å²) in [6.45, 7) is 4.09. The number of nitrogens with zero attached hydrogens (tertiary/aromatic N) is 8. The third-order valence-corrected chi connectivity index (χ3v) is 8.90. The minimum absolute atomic E-state index is 0.0168. The van der Waals surface area contributed by atoms with E-state index in [0.717, 1.165) is 38.9 Å². The molecule has 0 radical (unpaired) electrons. The number of fused-ring (bicyclic) bond motifs is 3. The smallest absolute Gasteiger partial charge is 0.321 e. The minimum atomic E-state index is -0.123. The standard InChI is InChI=1S/C34H31N9O/c1-23-30-21-40(34(44)38-27-13-6-9-24-8-2-3-11-26(24)27)18-19-41(30)32(25-10-7-16-35-20-25)43(23)33-36-17-15-31(39-33)42-22-37-28-12-4-5-14-29(28)42/h2-17,20,22-23,30,32H,18-19,21H2,1H3,(H,38,44)/t23?,30-,32-/m0/s1. The molecule has 3 aromatic heterocycles. The summed E-state index contributed by atoms with van der Waals surface area (Å²) in [6.07, 6.45) is 7.20. The van der Waals surface area contributed by atoms with Gasteiger partial charge in [-0.25, -0.2) is 14.8 Å². The van der Waals surface area contributed by atoms with E-state index in [9.17, 15) is 4.79 Å². The number of pyridine rings is 1. The van der Waals surface area contributed by atoms with E-state index in [4.69, 9.17) is 9.97 Å². The van der Waals surface area contributed by atoms with Gasteiger partial charge in [0.15, 0.2) is 0 Å². The number of hydrogen-bond donors (Lipinski definition) is 1. The average molecular weight is 582 g/mol. The molecule has 1 unspecified atom stereocenters. The van der Waals surface area contributed by atoms with Crippen molar-refractivity contribution in [2.75, 3.05) is 29.9 Å². The Balaban J connectivity index is 1.11. The predicted octanol–water partition coefficient (Wildman–Crippen LogP) is 5.49. The van der Waals surface area contributed by atoms with E-state index in [0.29, 0.717) is 25.6 Å². The van der Waals surface area contributed by atoms with Gasteiger partial charge in [-0.15, -0.1) is 0 Å². The highest BCUT2D eigenvalue weighted by molar-refractivity contribution is 6.01. The molecule has 2 aliphatic rings. The molecule has 6 aromatic rings. The van der Waals surface area contributed by atoms with Crippen LogP contribution >= 0.6 is 0 Å². The summed E-state index contributed by atoms with van der Waals surface area (Å²) in [6, 6.07) is 28.1. The molecule has 44 heavy (non-hydrogen) atoms. The van der Waals surface area contributed by atoms with Crippen LogP contribution in [0.25, 0.3) is 27.6 Å². The molecule has 0 bridgehead atoms. The number of nitrogens with one attached hydrogen (secondary N) is 1. The molecule has 10 nitrogen and oxygen atoms in total. The van der Waals surface area contributed by atoms with Crippen LogP contribution < -0.4 is 10.2 Å². The van der Waals surface area contributed by atoms with Crippen molar-refractivity contribution in [2.45, 2.75) is 25.2 Å². The monoisotopic (exact) mass is 581 g/mol. The number of hydrogen-bond acceptors (Lipinski definition) is 7. The number of urea groups is 1. The predicted molar refractivity (Wildman–Crippen MR) is 171 cm³/mol. The molecular weight excluding hydrogens is 550 g/mol. The van der Waals surface area contributed by atoms with Gasteiger partial charge in [0.2, 0.25) is 5.95 Å². The lowest BCUT2D eigenvalue weighted by Gasteiger charge is -2.39. The summed E-state index contributed by atoms with van der Waals surface area (Å²) in [4.78, 5) is 39.1.